The number of ether oxygens (including phenoxy) is 1. The second-order valence-electron chi connectivity index (χ2n) is 3.85. The highest BCUT2D eigenvalue weighted by Gasteiger charge is 2.23. The van der Waals surface area contributed by atoms with Gasteiger partial charge >= 0.3 is 5.97 Å². The summed E-state index contributed by atoms with van der Waals surface area (Å²) in [7, 11) is -2.42. The van der Waals surface area contributed by atoms with Crippen LogP contribution >= 0.6 is 23.2 Å². The summed E-state index contributed by atoms with van der Waals surface area (Å²) in [6, 6.07) is 4.08. The lowest BCUT2D eigenvalue weighted by atomic mass is 10.4. The first-order valence-corrected chi connectivity index (χ1v) is 7.65. The van der Waals surface area contributed by atoms with E-state index in [1.54, 1.807) is 0 Å². The van der Waals surface area contributed by atoms with E-state index >= 15 is 0 Å². The monoisotopic (exact) mass is 341 g/mol. The number of benzene rings is 1. The summed E-state index contributed by atoms with van der Waals surface area (Å²) in [5.74, 6) is -1.11. The molecular formula is C11H13Cl2NO5S. The first-order valence-electron chi connectivity index (χ1n) is 5.46. The van der Waals surface area contributed by atoms with Crippen LogP contribution in [0, 0.1) is 0 Å². The van der Waals surface area contributed by atoms with Crippen LogP contribution < -0.4 is 0 Å². The molecule has 1 rings (SSSR count). The van der Waals surface area contributed by atoms with Crippen molar-refractivity contribution in [3.63, 3.8) is 0 Å². The van der Waals surface area contributed by atoms with Gasteiger partial charge in [-0.3, -0.25) is 0 Å². The maximum atomic E-state index is 12.2. The summed E-state index contributed by atoms with van der Waals surface area (Å²) in [5.41, 5.74) is 0. The summed E-state index contributed by atoms with van der Waals surface area (Å²) < 4.78 is 30.3. The molecule has 0 amide bonds. The molecule has 0 aliphatic heterocycles. The fourth-order valence-corrected chi connectivity index (χ4v) is 3.22. The lowest BCUT2D eigenvalue weighted by molar-refractivity contribution is -0.142. The summed E-state index contributed by atoms with van der Waals surface area (Å²) >= 11 is 11.6. The molecule has 0 saturated heterocycles. The van der Waals surface area contributed by atoms with Crippen LogP contribution in [0.3, 0.4) is 0 Å². The zero-order valence-electron chi connectivity index (χ0n) is 10.5. The van der Waals surface area contributed by atoms with Gasteiger partial charge in [0.25, 0.3) is 0 Å². The zero-order chi connectivity index (χ0) is 15.3. The Balaban J connectivity index is 2.74. The van der Waals surface area contributed by atoms with Crippen LogP contribution in [0.5, 0.6) is 0 Å². The van der Waals surface area contributed by atoms with Crippen molar-refractivity contribution in [2.75, 3.05) is 26.8 Å². The van der Waals surface area contributed by atoms with E-state index in [-0.39, 0.29) is 23.1 Å². The Kier molecular flexibility index (Phi) is 6.22. The maximum absolute atomic E-state index is 12.2. The van der Waals surface area contributed by atoms with E-state index in [4.69, 9.17) is 33.0 Å². The van der Waals surface area contributed by atoms with Gasteiger partial charge in [-0.25, -0.2) is 13.2 Å². The second-order valence-corrected chi connectivity index (χ2v) is 6.70. The zero-order valence-corrected chi connectivity index (χ0v) is 12.9. The normalized spacial score (nSPS) is 11.8. The molecule has 0 radical (unpaired) electrons. The Labute approximate surface area is 126 Å². The van der Waals surface area contributed by atoms with Gasteiger partial charge in [0.15, 0.2) is 0 Å². The van der Waals surface area contributed by atoms with Gasteiger partial charge in [-0.05, 0) is 18.2 Å². The molecule has 0 bridgehead atoms. The maximum Gasteiger partial charge on any atom is 0.329 e. The van der Waals surface area contributed by atoms with Gasteiger partial charge in [-0.1, -0.05) is 23.2 Å². The number of hydrogen-bond donors (Lipinski definition) is 1. The lowest BCUT2D eigenvalue weighted by Gasteiger charge is -2.17. The Morgan fingerprint density at radius 1 is 1.40 bits per heavy atom. The van der Waals surface area contributed by atoms with Crippen LogP contribution in [0.1, 0.15) is 0 Å². The molecule has 0 heterocycles. The molecular weight excluding hydrogens is 329 g/mol. The van der Waals surface area contributed by atoms with Crippen LogP contribution in [0.15, 0.2) is 23.1 Å². The molecule has 1 aromatic rings. The van der Waals surface area contributed by atoms with Crippen molar-refractivity contribution in [2.45, 2.75) is 4.90 Å². The number of aliphatic carboxylic acids is 1. The molecule has 0 saturated carbocycles. The highest BCUT2D eigenvalue weighted by molar-refractivity contribution is 7.89. The van der Waals surface area contributed by atoms with E-state index < -0.39 is 22.6 Å². The first-order chi connectivity index (χ1) is 9.25. The van der Waals surface area contributed by atoms with Crippen LogP contribution in [0.25, 0.3) is 0 Å². The summed E-state index contributed by atoms with van der Waals surface area (Å²) in [4.78, 5) is 10.2. The minimum absolute atomic E-state index is 0.00850. The predicted octanol–water partition coefficient (Wildman–Crippen LogP) is 1.72. The van der Waals surface area contributed by atoms with Gasteiger partial charge in [0.2, 0.25) is 10.0 Å². The molecule has 1 N–H and O–H groups in total. The van der Waals surface area contributed by atoms with Crippen molar-refractivity contribution in [1.29, 1.82) is 0 Å². The SMILES string of the molecule is CN(CCOCC(=O)O)S(=O)(=O)c1ccc(Cl)cc1Cl. The third-order valence-corrected chi connectivity index (χ3v) is 4.93. The van der Waals surface area contributed by atoms with Crippen molar-refractivity contribution in [2.24, 2.45) is 0 Å². The second kappa shape index (κ2) is 7.24. The molecule has 0 aromatic heterocycles. The fourth-order valence-electron chi connectivity index (χ4n) is 1.33. The molecule has 0 aliphatic carbocycles. The molecule has 6 nitrogen and oxygen atoms in total. The third-order valence-electron chi connectivity index (χ3n) is 2.36. The number of rotatable bonds is 7. The Hall–Kier alpha value is -0.860. The van der Waals surface area contributed by atoms with E-state index in [9.17, 15) is 13.2 Å². The van der Waals surface area contributed by atoms with Crippen molar-refractivity contribution in [1.82, 2.24) is 4.31 Å². The Morgan fingerprint density at radius 2 is 2.05 bits per heavy atom. The summed E-state index contributed by atoms with van der Waals surface area (Å²) in [6.45, 7) is -0.503. The van der Waals surface area contributed by atoms with Gasteiger partial charge in [0.1, 0.15) is 11.5 Å². The summed E-state index contributed by atoms with van der Waals surface area (Å²) in [6.07, 6.45) is 0. The van der Waals surface area contributed by atoms with Crippen LogP contribution in [0.2, 0.25) is 10.0 Å². The smallest absolute Gasteiger partial charge is 0.329 e. The number of halogens is 2. The Bertz CT molecular complexity index is 590. The Morgan fingerprint density at radius 3 is 2.60 bits per heavy atom. The van der Waals surface area contributed by atoms with Crippen molar-refractivity contribution >= 4 is 39.2 Å². The highest BCUT2D eigenvalue weighted by atomic mass is 35.5. The molecule has 0 spiro atoms. The van der Waals surface area contributed by atoms with Gasteiger partial charge in [-0.15, -0.1) is 0 Å². The van der Waals surface area contributed by atoms with E-state index in [1.165, 1.54) is 25.2 Å². The third kappa shape index (κ3) is 4.60. The average molecular weight is 342 g/mol. The van der Waals surface area contributed by atoms with E-state index in [0.29, 0.717) is 5.02 Å². The molecule has 0 unspecified atom stereocenters. The van der Waals surface area contributed by atoms with Crippen LogP contribution in [0.4, 0.5) is 0 Å². The van der Waals surface area contributed by atoms with Crippen LogP contribution in [-0.4, -0.2) is 50.6 Å². The number of carboxylic acid groups (broad SMARTS) is 1. The van der Waals surface area contributed by atoms with Crippen molar-refractivity contribution in [3.05, 3.63) is 28.2 Å². The molecule has 9 heteroatoms. The quantitative estimate of drug-likeness (QED) is 0.763. The van der Waals surface area contributed by atoms with E-state index in [2.05, 4.69) is 0 Å². The highest BCUT2D eigenvalue weighted by Crippen LogP contribution is 2.26. The van der Waals surface area contributed by atoms with Gasteiger partial charge < -0.3 is 9.84 Å². The number of sulfonamides is 1. The topological polar surface area (TPSA) is 83.9 Å². The number of carboxylic acids is 1. The van der Waals surface area contributed by atoms with Gasteiger partial charge in [0.05, 0.1) is 11.6 Å². The number of carbonyl (C=O) groups is 1. The molecule has 0 fully saturated rings. The van der Waals surface area contributed by atoms with E-state index in [0.717, 1.165) is 4.31 Å². The lowest BCUT2D eigenvalue weighted by Crippen LogP contribution is -2.31. The molecule has 0 aliphatic rings. The molecule has 0 atom stereocenters. The molecule has 112 valence electrons. The summed E-state index contributed by atoms with van der Waals surface area (Å²) in [5, 5.41) is 8.75. The molecule has 1 aromatic carbocycles. The van der Waals surface area contributed by atoms with Crippen molar-refractivity contribution < 1.29 is 23.1 Å². The molecule has 20 heavy (non-hydrogen) atoms. The largest absolute Gasteiger partial charge is 0.480 e. The minimum Gasteiger partial charge on any atom is -0.480 e. The predicted molar refractivity (Wildman–Crippen MR) is 74.7 cm³/mol. The average Bonchev–Trinajstić information content (AvgIpc) is 2.33. The van der Waals surface area contributed by atoms with Gasteiger partial charge in [0, 0.05) is 18.6 Å². The first kappa shape index (κ1) is 17.2. The van der Waals surface area contributed by atoms with Gasteiger partial charge in [-0.2, -0.15) is 4.31 Å². The number of likely N-dealkylation sites (N-methyl/N-ethyl adjacent to an activating group) is 1. The standard InChI is InChI=1S/C11H13Cl2NO5S/c1-14(4-5-19-7-11(15)16)20(17,18)10-3-2-8(12)6-9(10)13/h2-3,6H,4-5,7H2,1H3,(H,15,16). The fraction of sp³-hybridized carbons (Fsp3) is 0.364. The minimum atomic E-state index is -3.77. The van der Waals surface area contributed by atoms with Crippen molar-refractivity contribution in [3.8, 4) is 0 Å². The number of nitrogens with zero attached hydrogens (tertiary/aromatic N) is 1. The number of hydrogen-bond acceptors (Lipinski definition) is 4. The van der Waals surface area contributed by atoms with Crippen LogP contribution in [-0.2, 0) is 19.6 Å². The van der Waals surface area contributed by atoms with E-state index in [1.807, 2.05) is 0 Å².